The Kier molecular flexibility index (Phi) is 3.38. The molecule has 1 rings (SSSR count). The molecule has 0 bridgehead atoms. The van der Waals surface area contributed by atoms with Crippen molar-refractivity contribution in [1.29, 1.82) is 0 Å². The van der Waals surface area contributed by atoms with Crippen LogP contribution in [0.25, 0.3) is 0 Å². The van der Waals surface area contributed by atoms with Crippen LogP contribution in [0.1, 0.15) is 33.1 Å². The number of rotatable bonds is 3. The molecule has 1 aliphatic rings. The number of ether oxygens (including phenoxy) is 1. The van der Waals surface area contributed by atoms with Crippen LogP contribution >= 0.6 is 15.9 Å². The lowest BCUT2D eigenvalue weighted by Gasteiger charge is -2.22. The third-order valence-corrected chi connectivity index (χ3v) is 3.21. The minimum atomic E-state index is 0.449. The molecule has 66 valence electrons. The highest BCUT2D eigenvalue weighted by molar-refractivity contribution is 9.09. The Labute approximate surface area is 77.6 Å². The summed E-state index contributed by atoms with van der Waals surface area (Å²) in [5.74, 6) is 0. The summed E-state index contributed by atoms with van der Waals surface area (Å²) < 4.78 is 5.45. The largest absolute Gasteiger partial charge is 0.381 e. The molecule has 0 spiro atoms. The lowest BCUT2D eigenvalue weighted by molar-refractivity contribution is 0.0649. The highest BCUT2D eigenvalue weighted by Crippen LogP contribution is 2.41. The van der Waals surface area contributed by atoms with E-state index in [-0.39, 0.29) is 0 Å². The molecule has 0 radical (unpaired) electrons. The van der Waals surface area contributed by atoms with Crippen molar-refractivity contribution in [2.75, 3.05) is 13.2 Å². The third-order valence-electron chi connectivity index (χ3n) is 2.43. The Bertz CT molecular complexity index is 127. The first-order valence-electron chi connectivity index (χ1n) is 4.38. The van der Waals surface area contributed by atoms with Gasteiger partial charge in [0.15, 0.2) is 0 Å². The maximum absolute atomic E-state index is 5.45. The van der Waals surface area contributed by atoms with Crippen molar-refractivity contribution in [1.82, 2.24) is 0 Å². The van der Waals surface area contributed by atoms with Crippen molar-refractivity contribution in [3.63, 3.8) is 0 Å². The number of halogens is 1. The molecule has 1 saturated carbocycles. The highest BCUT2D eigenvalue weighted by atomic mass is 79.9. The minimum absolute atomic E-state index is 0.449. The zero-order valence-electron chi connectivity index (χ0n) is 7.40. The molecular formula is C9H17BrO. The number of hydrogen-bond acceptors (Lipinski definition) is 1. The van der Waals surface area contributed by atoms with Crippen LogP contribution in [0, 0.1) is 5.41 Å². The van der Waals surface area contributed by atoms with Crippen molar-refractivity contribution in [2.45, 2.75) is 37.9 Å². The molecule has 0 aliphatic heterocycles. The summed E-state index contributed by atoms with van der Waals surface area (Å²) in [6.07, 6.45) is 3.89. The van der Waals surface area contributed by atoms with Crippen LogP contribution in [-0.4, -0.2) is 18.0 Å². The van der Waals surface area contributed by atoms with Crippen molar-refractivity contribution in [2.24, 2.45) is 5.41 Å². The van der Waals surface area contributed by atoms with E-state index in [0.29, 0.717) is 5.41 Å². The molecular weight excluding hydrogens is 204 g/mol. The number of alkyl halides is 1. The lowest BCUT2D eigenvalue weighted by Crippen LogP contribution is -2.19. The molecule has 0 saturated heterocycles. The molecule has 1 nitrogen and oxygen atoms in total. The normalized spacial score (nSPS) is 37.9. The monoisotopic (exact) mass is 220 g/mol. The average molecular weight is 221 g/mol. The molecule has 0 amide bonds. The van der Waals surface area contributed by atoms with Crippen molar-refractivity contribution in [3.05, 3.63) is 0 Å². The minimum Gasteiger partial charge on any atom is -0.381 e. The van der Waals surface area contributed by atoms with E-state index >= 15 is 0 Å². The van der Waals surface area contributed by atoms with E-state index in [9.17, 15) is 0 Å². The van der Waals surface area contributed by atoms with Crippen LogP contribution in [0.15, 0.2) is 0 Å². The third kappa shape index (κ3) is 2.75. The first-order chi connectivity index (χ1) is 5.16. The summed E-state index contributed by atoms with van der Waals surface area (Å²) in [6, 6.07) is 0. The zero-order valence-corrected chi connectivity index (χ0v) is 8.99. The zero-order chi connectivity index (χ0) is 8.32. The predicted octanol–water partition coefficient (Wildman–Crippen LogP) is 2.98. The van der Waals surface area contributed by atoms with Gasteiger partial charge in [0, 0.05) is 11.4 Å². The molecule has 0 aromatic heterocycles. The summed E-state index contributed by atoms with van der Waals surface area (Å²) in [5.41, 5.74) is 0.449. The van der Waals surface area contributed by atoms with Gasteiger partial charge in [-0.05, 0) is 31.6 Å². The summed E-state index contributed by atoms with van der Waals surface area (Å²) in [6.45, 7) is 6.17. The fourth-order valence-corrected chi connectivity index (χ4v) is 2.73. The van der Waals surface area contributed by atoms with Crippen LogP contribution in [-0.2, 0) is 4.74 Å². The molecule has 2 unspecified atom stereocenters. The van der Waals surface area contributed by atoms with Gasteiger partial charge in [0.05, 0.1) is 6.61 Å². The SMILES string of the molecule is CCOCC1(C)CCC(Br)C1. The van der Waals surface area contributed by atoms with E-state index in [1.807, 2.05) is 0 Å². The first-order valence-corrected chi connectivity index (χ1v) is 5.30. The van der Waals surface area contributed by atoms with Crippen molar-refractivity contribution in [3.8, 4) is 0 Å². The van der Waals surface area contributed by atoms with Gasteiger partial charge in [-0.1, -0.05) is 22.9 Å². The van der Waals surface area contributed by atoms with Gasteiger partial charge in [-0.3, -0.25) is 0 Å². The maximum atomic E-state index is 5.45. The maximum Gasteiger partial charge on any atom is 0.0520 e. The molecule has 11 heavy (non-hydrogen) atoms. The van der Waals surface area contributed by atoms with E-state index in [4.69, 9.17) is 4.74 Å². The van der Waals surface area contributed by atoms with Gasteiger partial charge in [0.25, 0.3) is 0 Å². The summed E-state index contributed by atoms with van der Waals surface area (Å²) in [4.78, 5) is 0.730. The van der Waals surface area contributed by atoms with Crippen molar-refractivity contribution >= 4 is 15.9 Å². The lowest BCUT2D eigenvalue weighted by atomic mass is 9.90. The molecule has 2 heteroatoms. The molecule has 1 aliphatic carbocycles. The molecule has 1 fully saturated rings. The summed E-state index contributed by atoms with van der Waals surface area (Å²) >= 11 is 3.65. The Morgan fingerprint density at radius 1 is 1.64 bits per heavy atom. The van der Waals surface area contributed by atoms with Gasteiger partial charge >= 0.3 is 0 Å². The van der Waals surface area contributed by atoms with E-state index in [2.05, 4.69) is 29.8 Å². The van der Waals surface area contributed by atoms with Crippen LogP contribution in [0.2, 0.25) is 0 Å². The number of hydrogen-bond donors (Lipinski definition) is 0. The Hall–Kier alpha value is 0.440. The second kappa shape index (κ2) is 3.90. The second-order valence-electron chi connectivity index (χ2n) is 3.79. The van der Waals surface area contributed by atoms with Gasteiger partial charge in [0.1, 0.15) is 0 Å². The van der Waals surface area contributed by atoms with Gasteiger partial charge in [0.2, 0.25) is 0 Å². The van der Waals surface area contributed by atoms with Crippen molar-refractivity contribution < 1.29 is 4.74 Å². The van der Waals surface area contributed by atoms with Crippen LogP contribution in [0.5, 0.6) is 0 Å². The van der Waals surface area contributed by atoms with Gasteiger partial charge in [-0.2, -0.15) is 0 Å². The van der Waals surface area contributed by atoms with Gasteiger partial charge in [-0.25, -0.2) is 0 Å². The smallest absolute Gasteiger partial charge is 0.0520 e. The molecule has 0 aromatic rings. The van der Waals surface area contributed by atoms with Gasteiger partial charge in [-0.15, -0.1) is 0 Å². The fourth-order valence-electron chi connectivity index (χ4n) is 1.72. The highest BCUT2D eigenvalue weighted by Gasteiger charge is 2.33. The van der Waals surface area contributed by atoms with Crippen LogP contribution in [0.4, 0.5) is 0 Å². The Balaban J connectivity index is 2.29. The quantitative estimate of drug-likeness (QED) is 0.665. The molecule has 0 heterocycles. The average Bonchev–Trinajstić information content (AvgIpc) is 2.28. The summed E-state index contributed by atoms with van der Waals surface area (Å²) in [5, 5.41) is 0. The van der Waals surface area contributed by atoms with E-state index in [0.717, 1.165) is 18.0 Å². The molecule has 0 N–H and O–H groups in total. The summed E-state index contributed by atoms with van der Waals surface area (Å²) in [7, 11) is 0. The topological polar surface area (TPSA) is 9.23 Å². The van der Waals surface area contributed by atoms with Crippen LogP contribution in [0.3, 0.4) is 0 Å². The van der Waals surface area contributed by atoms with E-state index < -0.39 is 0 Å². The molecule has 2 atom stereocenters. The molecule has 0 aromatic carbocycles. The van der Waals surface area contributed by atoms with Crippen LogP contribution < -0.4 is 0 Å². The second-order valence-corrected chi connectivity index (χ2v) is 5.08. The Morgan fingerprint density at radius 2 is 2.36 bits per heavy atom. The van der Waals surface area contributed by atoms with E-state index in [1.165, 1.54) is 19.3 Å². The van der Waals surface area contributed by atoms with E-state index in [1.54, 1.807) is 0 Å². The fraction of sp³-hybridized carbons (Fsp3) is 1.00. The van der Waals surface area contributed by atoms with Gasteiger partial charge < -0.3 is 4.74 Å². The first kappa shape index (κ1) is 9.53. The Morgan fingerprint density at radius 3 is 2.82 bits per heavy atom. The standard InChI is InChI=1S/C9H17BrO/c1-3-11-7-9(2)5-4-8(10)6-9/h8H,3-7H2,1-2H3. The predicted molar refractivity (Wildman–Crippen MR) is 51.2 cm³/mol.